The molecule has 1 fully saturated rings. The van der Waals surface area contributed by atoms with E-state index >= 15 is 0 Å². The molecule has 0 unspecified atom stereocenters. The molecule has 4 aromatic rings. The maximum Gasteiger partial charge on any atom is 0.315 e. The highest BCUT2D eigenvalue weighted by molar-refractivity contribution is 5.95. The molecule has 2 N–H and O–H groups in total. The molecule has 8 heteroatoms. The van der Waals surface area contributed by atoms with E-state index in [1.807, 2.05) is 37.3 Å². The number of aromatic hydroxyl groups is 2. The van der Waals surface area contributed by atoms with Crippen molar-refractivity contribution in [1.82, 2.24) is 4.57 Å². The summed E-state index contributed by atoms with van der Waals surface area (Å²) >= 11 is 0. The second-order valence-corrected chi connectivity index (χ2v) is 10.4. The molecule has 38 heavy (non-hydrogen) atoms. The van der Waals surface area contributed by atoms with E-state index in [0.29, 0.717) is 59.7 Å². The number of carbonyl (C=O) groups excluding carboxylic acids is 1. The van der Waals surface area contributed by atoms with Gasteiger partial charge in [-0.25, -0.2) is 0 Å². The van der Waals surface area contributed by atoms with Gasteiger partial charge in [-0.05, 0) is 50.1 Å². The Morgan fingerprint density at radius 2 is 1.84 bits per heavy atom. The number of hydrogen-bond donors (Lipinski definition) is 2. The molecule has 0 amide bonds. The lowest BCUT2D eigenvalue weighted by molar-refractivity contribution is -0.131. The first kappa shape index (κ1) is 22.7. The Morgan fingerprint density at radius 1 is 1.05 bits per heavy atom. The molecule has 8 nitrogen and oxygen atoms in total. The fourth-order valence-corrected chi connectivity index (χ4v) is 6.44. The average molecular weight is 509 g/mol. The van der Waals surface area contributed by atoms with E-state index < -0.39 is 11.2 Å². The van der Waals surface area contributed by atoms with Gasteiger partial charge in [0.15, 0.2) is 0 Å². The second kappa shape index (κ2) is 7.76. The normalized spacial score (nSPS) is 22.8. The van der Waals surface area contributed by atoms with Crippen LogP contribution in [0.25, 0.3) is 16.5 Å². The highest BCUT2D eigenvalue weighted by Gasteiger charge is 2.61. The van der Waals surface area contributed by atoms with Crippen molar-refractivity contribution in [3.05, 3.63) is 76.9 Å². The van der Waals surface area contributed by atoms with Crippen LogP contribution in [0.3, 0.4) is 0 Å². The Kier molecular flexibility index (Phi) is 4.64. The molecule has 3 aliphatic heterocycles. The molecule has 2 atom stereocenters. The van der Waals surface area contributed by atoms with E-state index in [9.17, 15) is 20.3 Å². The van der Waals surface area contributed by atoms with Gasteiger partial charge in [0.2, 0.25) is 11.8 Å². The summed E-state index contributed by atoms with van der Waals surface area (Å²) in [6.45, 7) is 2.26. The number of aromatic nitrogens is 1. The number of fused-ring (bicyclic) bond motifs is 7. The van der Waals surface area contributed by atoms with Crippen LogP contribution in [-0.4, -0.2) is 27.4 Å². The van der Waals surface area contributed by atoms with Gasteiger partial charge in [-0.2, -0.15) is 5.26 Å². The molecule has 0 saturated carbocycles. The highest BCUT2D eigenvalue weighted by Crippen LogP contribution is 2.65. The lowest BCUT2D eigenvalue weighted by Crippen LogP contribution is -2.25. The zero-order valence-electron chi connectivity index (χ0n) is 20.7. The minimum atomic E-state index is -0.810. The maximum absolute atomic E-state index is 11.6. The molecule has 3 aromatic carbocycles. The van der Waals surface area contributed by atoms with E-state index in [1.165, 1.54) is 4.57 Å². The number of ether oxygens (including phenoxy) is 3. The largest absolute Gasteiger partial charge is 0.494 e. The fourth-order valence-electron chi connectivity index (χ4n) is 6.44. The quantitative estimate of drug-likeness (QED) is 0.285. The summed E-state index contributed by atoms with van der Waals surface area (Å²) in [6, 6.07) is 18.4. The van der Waals surface area contributed by atoms with E-state index in [1.54, 1.807) is 24.3 Å². The molecule has 1 saturated heterocycles. The average Bonchev–Trinajstić information content (AvgIpc) is 3.60. The van der Waals surface area contributed by atoms with E-state index in [4.69, 9.17) is 14.2 Å². The van der Waals surface area contributed by atoms with Crippen LogP contribution in [0, 0.1) is 11.3 Å². The van der Waals surface area contributed by atoms with Crippen molar-refractivity contribution in [2.24, 2.45) is 0 Å². The van der Waals surface area contributed by atoms with Crippen molar-refractivity contribution in [2.45, 2.75) is 43.8 Å². The monoisotopic (exact) mass is 508 g/mol. The molecule has 3 aliphatic rings. The minimum absolute atomic E-state index is 0.0550. The zero-order valence-corrected chi connectivity index (χ0v) is 20.7. The number of carbonyl (C=O) groups is 1. The predicted molar refractivity (Wildman–Crippen MR) is 137 cm³/mol. The third kappa shape index (κ3) is 3.02. The lowest BCUT2D eigenvalue weighted by Gasteiger charge is -2.26. The first-order chi connectivity index (χ1) is 18.3. The third-order valence-electron chi connectivity index (χ3n) is 8.16. The number of nitrogens with zero attached hydrogens (tertiary/aromatic N) is 2. The van der Waals surface area contributed by atoms with Crippen LogP contribution in [0.2, 0.25) is 0 Å². The van der Waals surface area contributed by atoms with Crippen molar-refractivity contribution in [1.29, 1.82) is 5.26 Å². The summed E-state index contributed by atoms with van der Waals surface area (Å²) in [5.41, 5.74) is 1.55. The Bertz CT molecular complexity index is 1720. The number of benzene rings is 3. The summed E-state index contributed by atoms with van der Waals surface area (Å²) in [5, 5.41) is 34.1. The molecule has 4 heterocycles. The molecule has 7 rings (SSSR count). The molecular formula is C30H24N2O6. The van der Waals surface area contributed by atoms with Crippen molar-refractivity contribution in [3.63, 3.8) is 0 Å². The van der Waals surface area contributed by atoms with Crippen molar-refractivity contribution in [2.75, 3.05) is 6.61 Å². The van der Waals surface area contributed by atoms with Crippen LogP contribution in [0.15, 0.2) is 54.6 Å². The van der Waals surface area contributed by atoms with Gasteiger partial charge in [0.05, 0.1) is 47.1 Å². The Balaban J connectivity index is 1.25. The van der Waals surface area contributed by atoms with Gasteiger partial charge in [-0.15, -0.1) is 0 Å². The molecule has 0 spiro atoms. The summed E-state index contributed by atoms with van der Waals surface area (Å²) in [7, 11) is 0. The van der Waals surface area contributed by atoms with Crippen LogP contribution in [0.1, 0.15) is 48.4 Å². The van der Waals surface area contributed by atoms with E-state index in [-0.39, 0.29) is 24.2 Å². The smallest absolute Gasteiger partial charge is 0.315 e. The summed E-state index contributed by atoms with van der Waals surface area (Å²) in [6.07, 6.45) is 2.07. The van der Waals surface area contributed by atoms with Gasteiger partial charge in [-0.3, -0.25) is 9.36 Å². The van der Waals surface area contributed by atoms with Gasteiger partial charge >= 0.3 is 5.97 Å². The summed E-state index contributed by atoms with van der Waals surface area (Å²) < 4.78 is 19.2. The van der Waals surface area contributed by atoms with Crippen LogP contribution < -0.4 is 9.47 Å². The van der Waals surface area contributed by atoms with Gasteiger partial charge < -0.3 is 24.4 Å². The van der Waals surface area contributed by atoms with Crippen LogP contribution in [0.4, 0.5) is 0 Å². The molecule has 2 bridgehead atoms. The number of hydrogen-bond acceptors (Lipinski definition) is 7. The molecular weight excluding hydrogens is 484 g/mol. The Labute approximate surface area is 218 Å². The highest BCUT2D eigenvalue weighted by atomic mass is 16.5. The first-order valence-corrected chi connectivity index (χ1v) is 12.6. The summed E-state index contributed by atoms with van der Waals surface area (Å²) in [4.78, 5) is 11.6. The minimum Gasteiger partial charge on any atom is -0.494 e. The molecule has 0 aliphatic carbocycles. The topological polar surface area (TPSA) is 114 Å². The fraction of sp³-hybridized carbons (Fsp3) is 0.267. The molecule has 190 valence electrons. The Hall–Kier alpha value is -4.48. The molecule has 0 radical (unpaired) electrons. The number of rotatable bonds is 5. The van der Waals surface area contributed by atoms with Crippen LogP contribution >= 0.6 is 0 Å². The van der Waals surface area contributed by atoms with E-state index in [0.717, 1.165) is 16.3 Å². The first-order valence-electron chi connectivity index (χ1n) is 12.6. The standard InChI is InChI=1S/C30H24N2O6/c1-29-10-11-30(38-29,12-13-36-19-7-9-23-18(14-19)15-24(33)37-23)26-25(29)27(34)32(28(26)35)22-8-6-17(16-31)20-4-2-3-5-21(20)22/h2-9,14,34-35H,10-13,15H2,1H3/t29-,30-/m0/s1. The third-order valence-corrected chi connectivity index (χ3v) is 8.16. The van der Waals surface area contributed by atoms with Crippen LogP contribution in [0.5, 0.6) is 23.3 Å². The number of esters is 1. The SMILES string of the molecule is C[C@@]12CC[C@@](CCOc3ccc4c(c3)CC(=O)O4)(O1)c1c2c(O)n(-c2ccc(C#N)c3ccccc23)c1O. The Morgan fingerprint density at radius 3 is 2.66 bits per heavy atom. The zero-order chi connectivity index (χ0) is 26.2. The molecule has 1 aromatic heterocycles. The van der Waals surface area contributed by atoms with Crippen molar-refractivity contribution < 1.29 is 29.2 Å². The van der Waals surface area contributed by atoms with Gasteiger partial charge in [0.1, 0.15) is 17.1 Å². The van der Waals surface area contributed by atoms with Gasteiger partial charge in [-0.1, -0.05) is 24.3 Å². The number of nitriles is 1. The maximum atomic E-state index is 11.6. The lowest BCUT2D eigenvalue weighted by atomic mass is 9.78. The second-order valence-electron chi connectivity index (χ2n) is 10.4. The van der Waals surface area contributed by atoms with Gasteiger partial charge in [0, 0.05) is 22.8 Å². The van der Waals surface area contributed by atoms with Crippen molar-refractivity contribution >= 4 is 16.7 Å². The van der Waals surface area contributed by atoms with Gasteiger partial charge in [0.25, 0.3) is 0 Å². The van der Waals surface area contributed by atoms with E-state index in [2.05, 4.69) is 6.07 Å². The summed E-state index contributed by atoms with van der Waals surface area (Å²) in [5.74, 6) is 0.798. The van der Waals surface area contributed by atoms with Crippen LogP contribution in [-0.2, 0) is 27.2 Å². The van der Waals surface area contributed by atoms with Crippen molar-refractivity contribution in [3.8, 4) is 35.0 Å². The predicted octanol–water partition coefficient (Wildman–Crippen LogP) is 5.08.